The number of nitrogens with one attached hydrogen (secondary N) is 1. The summed E-state index contributed by atoms with van der Waals surface area (Å²) in [4.78, 5) is 10.5. The summed E-state index contributed by atoms with van der Waals surface area (Å²) >= 11 is 1.59. The van der Waals surface area contributed by atoms with Crippen molar-refractivity contribution in [2.45, 2.75) is 19.4 Å². The van der Waals surface area contributed by atoms with Gasteiger partial charge in [0.05, 0.1) is 16.9 Å². The molecule has 1 aromatic heterocycles. The molecule has 28 heavy (non-hydrogen) atoms. The van der Waals surface area contributed by atoms with E-state index in [1.54, 1.807) is 18.4 Å². The first-order chi connectivity index (χ1) is 13.5. The molecule has 5 nitrogen and oxygen atoms in total. The number of thiophene rings is 1. The summed E-state index contributed by atoms with van der Waals surface area (Å²) in [7, 11) is 3.84. The molecule has 1 aromatic carbocycles. The van der Waals surface area contributed by atoms with Gasteiger partial charge in [-0.1, -0.05) is 0 Å². The fourth-order valence-electron chi connectivity index (χ4n) is 3.74. The number of likely N-dealkylation sites (N-methyl/N-ethyl adjacent to an activating group) is 1. The zero-order valence-corrected chi connectivity index (χ0v) is 17.1. The number of methoxy groups -OCH3 is 1. The lowest BCUT2D eigenvalue weighted by molar-refractivity contribution is 0.100. The Morgan fingerprint density at radius 1 is 1.25 bits per heavy atom. The van der Waals surface area contributed by atoms with Gasteiger partial charge in [0.25, 0.3) is 0 Å². The lowest BCUT2D eigenvalue weighted by Crippen LogP contribution is -2.53. The standard InChI is InChI=1S/C20H24F2N4OS/c1-12-8-14-19(26-6-5-25(2)13(11-26)4-7-27-3)23-17-9-15(21)16(22)10-18(17)24-20(14)28-12/h8-10,13,24H,4-7,11H2,1-3H3. The molecule has 1 atom stereocenters. The second-order valence-electron chi connectivity index (χ2n) is 7.31. The van der Waals surface area contributed by atoms with Gasteiger partial charge in [-0.3, -0.25) is 4.90 Å². The van der Waals surface area contributed by atoms with Crippen LogP contribution in [0.2, 0.25) is 0 Å². The molecule has 4 rings (SSSR count). The molecule has 0 bridgehead atoms. The SMILES string of the molecule is COCCC1CN(C2=Nc3cc(F)c(F)cc3Nc3sc(C)cc32)CCN1C. The van der Waals surface area contributed by atoms with E-state index in [2.05, 4.69) is 28.2 Å². The molecule has 150 valence electrons. The predicted octanol–water partition coefficient (Wildman–Crippen LogP) is 4.12. The fourth-order valence-corrected chi connectivity index (χ4v) is 4.66. The quantitative estimate of drug-likeness (QED) is 0.832. The van der Waals surface area contributed by atoms with Crippen molar-refractivity contribution in [3.8, 4) is 0 Å². The number of anilines is 2. The van der Waals surface area contributed by atoms with Crippen molar-refractivity contribution in [3.05, 3.63) is 40.3 Å². The maximum Gasteiger partial charge on any atom is 0.161 e. The maximum absolute atomic E-state index is 13.9. The summed E-state index contributed by atoms with van der Waals surface area (Å²) in [6, 6.07) is 4.79. The van der Waals surface area contributed by atoms with Gasteiger partial charge < -0.3 is 15.0 Å². The number of amidine groups is 1. The highest BCUT2D eigenvalue weighted by atomic mass is 32.1. The van der Waals surface area contributed by atoms with Crippen molar-refractivity contribution in [2.75, 3.05) is 45.7 Å². The molecule has 1 unspecified atom stereocenters. The zero-order chi connectivity index (χ0) is 19.8. The van der Waals surface area contributed by atoms with Crippen LogP contribution in [0.5, 0.6) is 0 Å². The lowest BCUT2D eigenvalue weighted by Gasteiger charge is -2.40. The van der Waals surface area contributed by atoms with E-state index in [-0.39, 0.29) is 0 Å². The van der Waals surface area contributed by atoms with E-state index >= 15 is 0 Å². The van der Waals surface area contributed by atoms with Gasteiger partial charge in [0.15, 0.2) is 11.6 Å². The maximum atomic E-state index is 13.9. The van der Waals surface area contributed by atoms with E-state index < -0.39 is 11.6 Å². The number of hydrogen-bond acceptors (Lipinski definition) is 6. The summed E-state index contributed by atoms with van der Waals surface area (Å²) in [5.74, 6) is -0.951. The van der Waals surface area contributed by atoms with Crippen molar-refractivity contribution < 1.29 is 13.5 Å². The molecule has 0 spiro atoms. The van der Waals surface area contributed by atoms with Crippen LogP contribution in [0.3, 0.4) is 0 Å². The minimum atomic E-state index is -0.888. The Bertz CT molecular complexity index is 914. The smallest absolute Gasteiger partial charge is 0.161 e. The van der Waals surface area contributed by atoms with Crippen LogP contribution < -0.4 is 5.32 Å². The van der Waals surface area contributed by atoms with Crippen molar-refractivity contribution >= 4 is 33.5 Å². The summed E-state index contributed by atoms with van der Waals surface area (Å²) in [6.07, 6.45) is 0.932. The van der Waals surface area contributed by atoms with E-state index in [1.165, 1.54) is 12.1 Å². The van der Waals surface area contributed by atoms with E-state index in [1.807, 2.05) is 6.92 Å². The van der Waals surface area contributed by atoms with Crippen molar-refractivity contribution in [2.24, 2.45) is 4.99 Å². The second kappa shape index (κ2) is 7.77. The van der Waals surface area contributed by atoms with Gasteiger partial charge in [0.1, 0.15) is 10.8 Å². The molecule has 2 aliphatic rings. The largest absolute Gasteiger partial charge is 0.385 e. The summed E-state index contributed by atoms with van der Waals surface area (Å²) in [5.41, 5.74) is 1.89. The third kappa shape index (κ3) is 3.64. The minimum absolute atomic E-state index is 0.347. The van der Waals surface area contributed by atoms with E-state index in [9.17, 15) is 8.78 Å². The fraction of sp³-hybridized carbons (Fsp3) is 0.450. The number of aliphatic imine (C=N–C) groups is 1. The van der Waals surface area contributed by atoms with Crippen LogP contribution in [0.25, 0.3) is 0 Å². The van der Waals surface area contributed by atoms with Gasteiger partial charge in [-0.15, -0.1) is 11.3 Å². The van der Waals surface area contributed by atoms with E-state index in [0.29, 0.717) is 24.0 Å². The Kier molecular flexibility index (Phi) is 5.35. The number of nitrogens with zero attached hydrogens (tertiary/aromatic N) is 3. The van der Waals surface area contributed by atoms with Crippen LogP contribution in [0, 0.1) is 18.6 Å². The molecule has 1 saturated heterocycles. The number of hydrogen-bond donors (Lipinski definition) is 1. The molecule has 0 radical (unpaired) electrons. The average Bonchev–Trinajstić information content (AvgIpc) is 2.96. The number of ether oxygens (including phenoxy) is 1. The normalized spacial score (nSPS) is 19.5. The van der Waals surface area contributed by atoms with Crippen LogP contribution in [0.1, 0.15) is 16.9 Å². The Labute approximate surface area is 167 Å². The number of rotatable bonds is 3. The molecule has 2 aliphatic heterocycles. The molecule has 0 aliphatic carbocycles. The Balaban J connectivity index is 1.74. The first kappa shape index (κ1) is 19.3. The predicted molar refractivity (Wildman–Crippen MR) is 109 cm³/mol. The monoisotopic (exact) mass is 406 g/mol. The van der Waals surface area contributed by atoms with Crippen molar-refractivity contribution in [1.29, 1.82) is 0 Å². The number of piperazine rings is 1. The molecule has 0 amide bonds. The van der Waals surface area contributed by atoms with Crippen LogP contribution in [0.15, 0.2) is 23.2 Å². The highest BCUT2D eigenvalue weighted by molar-refractivity contribution is 7.16. The molecule has 2 aromatic rings. The van der Waals surface area contributed by atoms with E-state index in [0.717, 1.165) is 47.3 Å². The lowest BCUT2D eigenvalue weighted by atomic mass is 10.1. The van der Waals surface area contributed by atoms with E-state index in [4.69, 9.17) is 9.73 Å². The third-order valence-electron chi connectivity index (χ3n) is 5.34. The molecule has 3 heterocycles. The molecule has 8 heteroatoms. The average molecular weight is 407 g/mol. The topological polar surface area (TPSA) is 40.1 Å². The summed E-state index contributed by atoms with van der Waals surface area (Å²) < 4.78 is 32.9. The van der Waals surface area contributed by atoms with Gasteiger partial charge in [-0.25, -0.2) is 13.8 Å². The van der Waals surface area contributed by atoms with Crippen LogP contribution >= 0.6 is 11.3 Å². The van der Waals surface area contributed by atoms with Gasteiger partial charge >= 0.3 is 0 Å². The van der Waals surface area contributed by atoms with Crippen LogP contribution in [-0.2, 0) is 4.74 Å². The molecular weight excluding hydrogens is 382 g/mol. The van der Waals surface area contributed by atoms with Gasteiger partial charge in [-0.2, -0.15) is 0 Å². The van der Waals surface area contributed by atoms with Crippen LogP contribution in [-0.4, -0.2) is 62.1 Å². The minimum Gasteiger partial charge on any atom is -0.385 e. The molecule has 0 saturated carbocycles. The second-order valence-corrected chi connectivity index (χ2v) is 8.56. The van der Waals surface area contributed by atoms with Crippen LogP contribution in [0.4, 0.5) is 25.2 Å². The third-order valence-corrected chi connectivity index (χ3v) is 6.31. The number of aryl methyl sites for hydroxylation is 1. The van der Waals surface area contributed by atoms with Gasteiger partial charge in [0.2, 0.25) is 0 Å². The number of benzene rings is 1. The summed E-state index contributed by atoms with van der Waals surface area (Å²) in [5, 5.41) is 4.17. The molecule has 1 fully saturated rings. The first-order valence-electron chi connectivity index (χ1n) is 9.36. The number of halogens is 2. The van der Waals surface area contributed by atoms with Gasteiger partial charge in [0, 0.05) is 56.4 Å². The first-order valence-corrected chi connectivity index (χ1v) is 10.2. The van der Waals surface area contributed by atoms with Crippen molar-refractivity contribution in [1.82, 2.24) is 9.80 Å². The Hall–Kier alpha value is -2.03. The molecule has 1 N–H and O–H groups in total. The van der Waals surface area contributed by atoms with Gasteiger partial charge in [-0.05, 0) is 26.5 Å². The summed E-state index contributed by atoms with van der Waals surface area (Å²) in [6.45, 7) is 5.28. The van der Waals surface area contributed by atoms with Crippen molar-refractivity contribution in [3.63, 3.8) is 0 Å². The Morgan fingerprint density at radius 3 is 2.82 bits per heavy atom. The highest BCUT2D eigenvalue weighted by Gasteiger charge is 2.30. The highest BCUT2D eigenvalue weighted by Crippen LogP contribution is 2.40. The zero-order valence-electron chi connectivity index (χ0n) is 16.3. The molecular formula is C20H24F2N4OS. The Morgan fingerprint density at radius 2 is 2.04 bits per heavy atom. The number of fused-ring (bicyclic) bond motifs is 2.